The fraction of sp³-hybridized carbons (Fsp3) is 0.500. The molecule has 2 aromatic rings. The SMILES string of the molecule is CC(C)CC(C)Nc1nc2ccc(Cl)cn2n1. The number of hydrogen-bond donors (Lipinski definition) is 1. The van der Waals surface area contributed by atoms with Gasteiger partial charge in [0.1, 0.15) is 0 Å². The van der Waals surface area contributed by atoms with Crippen molar-refractivity contribution in [2.75, 3.05) is 5.32 Å². The van der Waals surface area contributed by atoms with Gasteiger partial charge in [-0.15, -0.1) is 5.10 Å². The van der Waals surface area contributed by atoms with Crippen LogP contribution in [0.5, 0.6) is 0 Å². The summed E-state index contributed by atoms with van der Waals surface area (Å²) in [6, 6.07) is 4.03. The lowest BCUT2D eigenvalue weighted by atomic mass is 10.1. The second kappa shape index (κ2) is 4.92. The Bertz CT molecular complexity index is 506. The van der Waals surface area contributed by atoms with Gasteiger partial charge < -0.3 is 5.32 Å². The predicted molar refractivity (Wildman–Crippen MR) is 70.5 cm³/mol. The molecule has 0 amide bonds. The van der Waals surface area contributed by atoms with Crippen molar-refractivity contribution in [3.63, 3.8) is 0 Å². The number of hydrogen-bond acceptors (Lipinski definition) is 3. The first kappa shape index (κ1) is 12.2. The van der Waals surface area contributed by atoms with Gasteiger partial charge in [-0.1, -0.05) is 25.4 Å². The van der Waals surface area contributed by atoms with Crippen molar-refractivity contribution in [3.05, 3.63) is 23.4 Å². The van der Waals surface area contributed by atoms with Gasteiger partial charge in [0.2, 0.25) is 5.95 Å². The largest absolute Gasteiger partial charge is 0.350 e. The minimum absolute atomic E-state index is 0.364. The monoisotopic (exact) mass is 252 g/mol. The van der Waals surface area contributed by atoms with Gasteiger partial charge in [0.15, 0.2) is 5.65 Å². The molecule has 0 aromatic carbocycles. The fourth-order valence-corrected chi connectivity index (χ4v) is 2.06. The maximum absolute atomic E-state index is 5.89. The Morgan fingerprint density at radius 2 is 2.12 bits per heavy atom. The number of halogens is 1. The van der Waals surface area contributed by atoms with Crippen LogP contribution in [0.3, 0.4) is 0 Å². The van der Waals surface area contributed by atoms with E-state index in [0.717, 1.165) is 12.1 Å². The molecule has 92 valence electrons. The van der Waals surface area contributed by atoms with Crippen molar-refractivity contribution in [1.29, 1.82) is 0 Å². The molecule has 5 heteroatoms. The summed E-state index contributed by atoms with van der Waals surface area (Å²) in [5.74, 6) is 1.31. The predicted octanol–water partition coefficient (Wildman–Crippen LogP) is 3.23. The summed E-state index contributed by atoms with van der Waals surface area (Å²) in [6.45, 7) is 6.54. The Morgan fingerprint density at radius 3 is 2.82 bits per heavy atom. The Morgan fingerprint density at radius 1 is 1.35 bits per heavy atom. The van der Waals surface area contributed by atoms with Crippen LogP contribution in [0.25, 0.3) is 5.65 Å². The topological polar surface area (TPSA) is 42.2 Å². The number of rotatable bonds is 4. The van der Waals surface area contributed by atoms with E-state index in [1.165, 1.54) is 0 Å². The van der Waals surface area contributed by atoms with Crippen LogP contribution < -0.4 is 5.32 Å². The Balaban J connectivity index is 2.14. The molecule has 0 aliphatic rings. The summed E-state index contributed by atoms with van der Waals surface area (Å²) in [7, 11) is 0. The highest BCUT2D eigenvalue weighted by molar-refractivity contribution is 6.30. The minimum atomic E-state index is 0.364. The molecule has 1 N–H and O–H groups in total. The van der Waals surface area contributed by atoms with Crippen LogP contribution in [0.1, 0.15) is 27.2 Å². The Kier molecular flexibility index (Phi) is 3.52. The number of aromatic nitrogens is 3. The van der Waals surface area contributed by atoms with Crippen molar-refractivity contribution in [3.8, 4) is 0 Å². The number of nitrogens with one attached hydrogen (secondary N) is 1. The molecule has 17 heavy (non-hydrogen) atoms. The van der Waals surface area contributed by atoms with Crippen LogP contribution >= 0.6 is 11.6 Å². The quantitative estimate of drug-likeness (QED) is 0.909. The zero-order chi connectivity index (χ0) is 12.4. The van der Waals surface area contributed by atoms with E-state index >= 15 is 0 Å². The zero-order valence-corrected chi connectivity index (χ0v) is 11.1. The highest BCUT2D eigenvalue weighted by atomic mass is 35.5. The van der Waals surface area contributed by atoms with E-state index in [1.807, 2.05) is 12.1 Å². The van der Waals surface area contributed by atoms with Gasteiger partial charge >= 0.3 is 0 Å². The number of anilines is 1. The Labute approximate surface area is 106 Å². The van der Waals surface area contributed by atoms with E-state index in [0.29, 0.717) is 22.9 Å². The van der Waals surface area contributed by atoms with Crippen LogP contribution in [0, 0.1) is 5.92 Å². The molecule has 0 aliphatic heterocycles. The maximum Gasteiger partial charge on any atom is 0.243 e. The smallest absolute Gasteiger partial charge is 0.243 e. The van der Waals surface area contributed by atoms with E-state index in [2.05, 4.69) is 36.2 Å². The van der Waals surface area contributed by atoms with Crippen molar-refractivity contribution >= 4 is 23.2 Å². The second-order valence-electron chi connectivity index (χ2n) is 4.76. The number of pyridine rings is 1. The van der Waals surface area contributed by atoms with Gasteiger partial charge in [0, 0.05) is 12.2 Å². The van der Waals surface area contributed by atoms with Gasteiger partial charge in [0.25, 0.3) is 0 Å². The molecule has 2 heterocycles. The molecular weight excluding hydrogens is 236 g/mol. The molecule has 1 atom stereocenters. The van der Waals surface area contributed by atoms with Crippen LogP contribution in [0.2, 0.25) is 5.02 Å². The van der Waals surface area contributed by atoms with E-state index < -0.39 is 0 Å². The average Bonchev–Trinajstić information content (AvgIpc) is 2.57. The van der Waals surface area contributed by atoms with E-state index in [-0.39, 0.29) is 0 Å². The van der Waals surface area contributed by atoms with Crippen LogP contribution in [-0.2, 0) is 0 Å². The average molecular weight is 253 g/mol. The van der Waals surface area contributed by atoms with E-state index in [4.69, 9.17) is 11.6 Å². The molecule has 0 bridgehead atoms. The van der Waals surface area contributed by atoms with Crippen LogP contribution in [0.15, 0.2) is 18.3 Å². The number of fused-ring (bicyclic) bond motifs is 1. The van der Waals surface area contributed by atoms with E-state index in [9.17, 15) is 0 Å². The lowest BCUT2D eigenvalue weighted by Crippen LogP contribution is -2.18. The van der Waals surface area contributed by atoms with Crippen molar-refractivity contribution in [1.82, 2.24) is 14.6 Å². The molecule has 0 radical (unpaired) electrons. The van der Waals surface area contributed by atoms with Gasteiger partial charge in [-0.3, -0.25) is 0 Å². The number of nitrogens with zero attached hydrogens (tertiary/aromatic N) is 3. The molecule has 4 nitrogen and oxygen atoms in total. The third-order valence-electron chi connectivity index (χ3n) is 2.50. The summed E-state index contributed by atoms with van der Waals surface area (Å²) in [5.41, 5.74) is 0.800. The molecule has 2 aromatic heterocycles. The first-order chi connectivity index (χ1) is 8.04. The van der Waals surface area contributed by atoms with Crippen LogP contribution in [0.4, 0.5) is 5.95 Å². The summed E-state index contributed by atoms with van der Waals surface area (Å²) in [5, 5.41) is 8.28. The maximum atomic E-state index is 5.89. The first-order valence-corrected chi connectivity index (χ1v) is 6.21. The van der Waals surface area contributed by atoms with Gasteiger partial charge in [-0.2, -0.15) is 4.98 Å². The highest BCUT2D eigenvalue weighted by Crippen LogP contribution is 2.13. The van der Waals surface area contributed by atoms with Crippen molar-refractivity contribution in [2.45, 2.75) is 33.2 Å². The third kappa shape index (κ3) is 3.09. The molecule has 0 spiro atoms. The lowest BCUT2D eigenvalue weighted by Gasteiger charge is -2.13. The third-order valence-corrected chi connectivity index (χ3v) is 2.72. The standard InChI is InChI=1S/C12H17ClN4/c1-8(2)6-9(3)14-12-15-11-5-4-10(13)7-17(11)16-12/h4-5,7-9H,6H2,1-3H3,(H,14,16). The zero-order valence-electron chi connectivity index (χ0n) is 10.3. The molecule has 0 fully saturated rings. The first-order valence-electron chi connectivity index (χ1n) is 5.83. The lowest BCUT2D eigenvalue weighted by molar-refractivity contribution is 0.537. The van der Waals surface area contributed by atoms with Gasteiger partial charge in [0.05, 0.1) is 5.02 Å². The molecule has 0 aliphatic carbocycles. The summed E-state index contributed by atoms with van der Waals surface area (Å²) in [4.78, 5) is 4.38. The molecule has 2 rings (SSSR count). The molecule has 0 saturated carbocycles. The van der Waals surface area contributed by atoms with Crippen molar-refractivity contribution in [2.24, 2.45) is 5.92 Å². The molecular formula is C12H17ClN4. The van der Waals surface area contributed by atoms with Gasteiger partial charge in [-0.25, -0.2) is 4.52 Å². The van der Waals surface area contributed by atoms with Crippen molar-refractivity contribution < 1.29 is 0 Å². The minimum Gasteiger partial charge on any atom is -0.350 e. The molecule has 1 unspecified atom stereocenters. The second-order valence-corrected chi connectivity index (χ2v) is 5.20. The summed E-state index contributed by atoms with van der Waals surface area (Å²) < 4.78 is 1.69. The fourth-order valence-electron chi connectivity index (χ4n) is 1.91. The Hall–Kier alpha value is -1.29. The summed E-state index contributed by atoms with van der Waals surface area (Å²) in [6.07, 6.45) is 2.85. The highest BCUT2D eigenvalue weighted by Gasteiger charge is 2.08. The van der Waals surface area contributed by atoms with Crippen LogP contribution in [-0.4, -0.2) is 20.6 Å². The van der Waals surface area contributed by atoms with Gasteiger partial charge in [-0.05, 0) is 31.4 Å². The molecule has 0 saturated heterocycles. The normalized spacial score (nSPS) is 13.2. The summed E-state index contributed by atoms with van der Waals surface area (Å²) >= 11 is 5.89. The van der Waals surface area contributed by atoms with E-state index in [1.54, 1.807) is 10.7 Å².